The Balaban J connectivity index is 1.43. The van der Waals surface area contributed by atoms with Crippen molar-refractivity contribution in [1.29, 1.82) is 0 Å². The first-order valence-corrected chi connectivity index (χ1v) is 13.7. The van der Waals surface area contributed by atoms with Crippen molar-refractivity contribution in [2.45, 2.75) is 77.6 Å². The van der Waals surface area contributed by atoms with Gasteiger partial charge in [-0.1, -0.05) is 63.7 Å². The lowest BCUT2D eigenvalue weighted by molar-refractivity contribution is 0.0727. The maximum Gasteiger partial charge on any atom is 0.344 e. The van der Waals surface area contributed by atoms with Gasteiger partial charge in [0.1, 0.15) is 5.75 Å². The smallest absolute Gasteiger partial charge is 0.344 e. The third-order valence-electron chi connectivity index (χ3n) is 6.31. The Morgan fingerprint density at radius 3 is 2.27 bits per heavy atom. The SMILES string of the molecule is C=CCCCCCc1ccc(C(=O)Oc2cnc(-c3ccc(OCCCCCCCC)cc3)cn2)cc1. The van der Waals surface area contributed by atoms with Crippen molar-refractivity contribution in [3.8, 4) is 22.9 Å². The predicted molar refractivity (Wildman–Crippen MR) is 150 cm³/mol. The van der Waals surface area contributed by atoms with Gasteiger partial charge in [-0.3, -0.25) is 0 Å². The number of benzene rings is 2. The number of esters is 1. The van der Waals surface area contributed by atoms with E-state index in [1.165, 1.54) is 56.7 Å². The normalized spacial score (nSPS) is 10.7. The molecule has 0 saturated heterocycles. The largest absolute Gasteiger partial charge is 0.494 e. The lowest BCUT2D eigenvalue weighted by Crippen LogP contribution is -2.09. The Morgan fingerprint density at radius 2 is 1.57 bits per heavy atom. The maximum atomic E-state index is 12.5. The Bertz CT molecular complexity index is 1060. The highest BCUT2D eigenvalue weighted by Gasteiger charge is 2.10. The second kappa shape index (κ2) is 16.3. The first kappa shape index (κ1) is 28.1. The first-order valence-electron chi connectivity index (χ1n) is 13.7. The van der Waals surface area contributed by atoms with Crippen LogP contribution in [-0.2, 0) is 6.42 Å². The van der Waals surface area contributed by atoms with Crippen LogP contribution in [0.5, 0.6) is 11.6 Å². The highest BCUT2D eigenvalue weighted by molar-refractivity contribution is 5.90. The third-order valence-corrected chi connectivity index (χ3v) is 6.31. The minimum Gasteiger partial charge on any atom is -0.494 e. The fourth-order valence-corrected chi connectivity index (χ4v) is 4.07. The molecule has 0 aliphatic heterocycles. The molecule has 0 spiro atoms. The molecule has 0 aliphatic carbocycles. The van der Waals surface area contributed by atoms with Crippen LogP contribution in [-0.4, -0.2) is 22.5 Å². The van der Waals surface area contributed by atoms with Crippen LogP contribution in [0.2, 0.25) is 0 Å². The molecule has 5 heteroatoms. The molecular formula is C32H40N2O3. The molecule has 3 rings (SSSR count). The van der Waals surface area contributed by atoms with E-state index in [9.17, 15) is 4.79 Å². The highest BCUT2D eigenvalue weighted by Crippen LogP contribution is 2.22. The van der Waals surface area contributed by atoms with Gasteiger partial charge in [0.15, 0.2) is 0 Å². The molecule has 1 heterocycles. The van der Waals surface area contributed by atoms with Crippen LogP contribution in [0.4, 0.5) is 0 Å². The fourth-order valence-electron chi connectivity index (χ4n) is 4.07. The summed E-state index contributed by atoms with van der Waals surface area (Å²) < 4.78 is 11.3. The summed E-state index contributed by atoms with van der Waals surface area (Å²) in [6.45, 7) is 6.73. The molecule has 0 atom stereocenters. The zero-order chi connectivity index (χ0) is 26.1. The van der Waals surface area contributed by atoms with Crippen molar-refractivity contribution in [2.24, 2.45) is 0 Å². The number of carbonyl (C=O) groups excluding carboxylic acids is 1. The van der Waals surface area contributed by atoms with E-state index in [4.69, 9.17) is 9.47 Å². The van der Waals surface area contributed by atoms with Crippen molar-refractivity contribution >= 4 is 5.97 Å². The second-order valence-corrected chi connectivity index (χ2v) is 9.35. The predicted octanol–water partition coefficient (Wildman–Crippen LogP) is 8.39. The Morgan fingerprint density at radius 1 is 0.838 bits per heavy atom. The molecule has 196 valence electrons. The number of hydrogen-bond acceptors (Lipinski definition) is 5. The van der Waals surface area contributed by atoms with Crippen LogP contribution in [0, 0.1) is 0 Å². The molecule has 0 bridgehead atoms. The van der Waals surface area contributed by atoms with Crippen LogP contribution in [0.25, 0.3) is 11.3 Å². The number of aryl methyl sites for hydroxylation is 1. The zero-order valence-corrected chi connectivity index (χ0v) is 22.2. The first-order chi connectivity index (χ1) is 18.2. The number of carbonyl (C=O) groups is 1. The van der Waals surface area contributed by atoms with Gasteiger partial charge < -0.3 is 9.47 Å². The van der Waals surface area contributed by atoms with Gasteiger partial charge in [-0.25, -0.2) is 14.8 Å². The number of allylic oxidation sites excluding steroid dienone is 1. The quantitative estimate of drug-likeness (QED) is 0.106. The molecule has 0 unspecified atom stereocenters. The molecule has 2 aromatic carbocycles. The standard InChI is InChI=1S/C32H40N2O3/c1-3-5-7-9-11-13-23-36-29-21-19-27(20-22-29)30-24-34-31(25-33-30)37-32(35)28-17-15-26(16-18-28)14-12-10-8-6-4-2/h4,15-22,24-25H,2-3,5-14,23H2,1H3. The van der Waals surface area contributed by atoms with Gasteiger partial charge in [0.05, 0.1) is 30.3 Å². The minimum absolute atomic E-state index is 0.180. The van der Waals surface area contributed by atoms with E-state index in [-0.39, 0.29) is 5.88 Å². The summed E-state index contributed by atoms with van der Waals surface area (Å²) in [6, 6.07) is 15.4. The van der Waals surface area contributed by atoms with Crippen LogP contribution in [0.15, 0.2) is 73.6 Å². The second-order valence-electron chi connectivity index (χ2n) is 9.35. The fraction of sp³-hybridized carbons (Fsp3) is 0.406. The van der Waals surface area contributed by atoms with Crippen molar-refractivity contribution in [1.82, 2.24) is 9.97 Å². The lowest BCUT2D eigenvalue weighted by atomic mass is 10.0. The molecule has 3 aromatic rings. The minimum atomic E-state index is -0.438. The van der Waals surface area contributed by atoms with E-state index in [1.54, 1.807) is 18.3 Å². The lowest BCUT2D eigenvalue weighted by Gasteiger charge is -2.08. The molecule has 5 nitrogen and oxygen atoms in total. The summed E-state index contributed by atoms with van der Waals surface area (Å²) in [5.41, 5.74) is 3.35. The van der Waals surface area contributed by atoms with Gasteiger partial charge in [-0.15, -0.1) is 6.58 Å². The van der Waals surface area contributed by atoms with Crippen molar-refractivity contribution in [3.63, 3.8) is 0 Å². The highest BCUT2D eigenvalue weighted by atomic mass is 16.5. The summed E-state index contributed by atoms with van der Waals surface area (Å²) in [6.07, 6.45) is 18.1. The molecule has 37 heavy (non-hydrogen) atoms. The van der Waals surface area contributed by atoms with E-state index in [1.807, 2.05) is 42.5 Å². The van der Waals surface area contributed by atoms with Crippen molar-refractivity contribution < 1.29 is 14.3 Å². The van der Waals surface area contributed by atoms with Crippen molar-refractivity contribution in [2.75, 3.05) is 6.61 Å². The maximum absolute atomic E-state index is 12.5. The molecule has 0 amide bonds. The van der Waals surface area contributed by atoms with Gasteiger partial charge in [-0.05, 0) is 74.1 Å². The van der Waals surface area contributed by atoms with Gasteiger partial charge in [0, 0.05) is 5.56 Å². The molecule has 0 fully saturated rings. The zero-order valence-electron chi connectivity index (χ0n) is 22.2. The molecule has 0 saturated carbocycles. The number of hydrogen-bond donors (Lipinski definition) is 0. The summed E-state index contributed by atoms with van der Waals surface area (Å²) >= 11 is 0. The van der Waals surface area contributed by atoms with Gasteiger partial charge >= 0.3 is 5.97 Å². The van der Waals surface area contributed by atoms with Crippen LogP contribution in [0.1, 0.15) is 87.1 Å². The number of rotatable bonds is 17. The monoisotopic (exact) mass is 500 g/mol. The molecule has 0 radical (unpaired) electrons. The van der Waals surface area contributed by atoms with Gasteiger partial charge in [0.25, 0.3) is 0 Å². The van der Waals surface area contributed by atoms with Crippen molar-refractivity contribution in [3.05, 3.63) is 84.7 Å². The van der Waals surface area contributed by atoms with E-state index in [0.717, 1.165) is 43.6 Å². The molecular weight excluding hydrogens is 460 g/mol. The number of nitrogens with zero attached hydrogens (tertiary/aromatic N) is 2. The molecule has 0 aliphatic rings. The number of aromatic nitrogens is 2. The molecule has 0 N–H and O–H groups in total. The molecule has 1 aromatic heterocycles. The van der Waals surface area contributed by atoms with E-state index < -0.39 is 5.97 Å². The summed E-state index contributed by atoms with van der Waals surface area (Å²) in [4.78, 5) is 21.2. The van der Waals surface area contributed by atoms with E-state index in [0.29, 0.717) is 11.3 Å². The van der Waals surface area contributed by atoms with E-state index in [2.05, 4.69) is 23.5 Å². The third kappa shape index (κ3) is 10.2. The van der Waals surface area contributed by atoms with Crippen LogP contribution in [0.3, 0.4) is 0 Å². The van der Waals surface area contributed by atoms with Gasteiger partial charge in [0.2, 0.25) is 5.88 Å². The average molecular weight is 501 g/mol. The Kier molecular flexibility index (Phi) is 12.4. The summed E-state index contributed by atoms with van der Waals surface area (Å²) in [5.74, 6) is 0.597. The average Bonchev–Trinajstić information content (AvgIpc) is 2.93. The van der Waals surface area contributed by atoms with Crippen LogP contribution < -0.4 is 9.47 Å². The number of ether oxygens (including phenoxy) is 2. The summed E-state index contributed by atoms with van der Waals surface area (Å²) in [5, 5.41) is 0. The van der Waals surface area contributed by atoms with Crippen LogP contribution >= 0.6 is 0 Å². The van der Waals surface area contributed by atoms with E-state index >= 15 is 0 Å². The summed E-state index contributed by atoms with van der Waals surface area (Å²) in [7, 11) is 0. The Hall–Kier alpha value is -3.47. The number of unbranched alkanes of at least 4 members (excludes halogenated alkanes) is 8. The Labute approximate surface area is 222 Å². The topological polar surface area (TPSA) is 61.3 Å². The van der Waals surface area contributed by atoms with Gasteiger partial charge in [-0.2, -0.15) is 0 Å².